The number of esters is 1. The van der Waals surface area contributed by atoms with Crippen molar-refractivity contribution in [2.75, 3.05) is 37.7 Å². The van der Waals surface area contributed by atoms with Gasteiger partial charge in [-0.1, -0.05) is 6.07 Å². The molecule has 1 aliphatic heterocycles. The summed E-state index contributed by atoms with van der Waals surface area (Å²) in [6.07, 6.45) is 0. The zero-order chi connectivity index (χ0) is 21.8. The van der Waals surface area contributed by atoms with E-state index in [0.717, 1.165) is 0 Å². The third-order valence-electron chi connectivity index (χ3n) is 5.10. The van der Waals surface area contributed by atoms with E-state index in [4.69, 9.17) is 4.74 Å². The van der Waals surface area contributed by atoms with Gasteiger partial charge in [0.15, 0.2) is 12.4 Å². The zero-order valence-corrected chi connectivity index (χ0v) is 16.9. The minimum atomic E-state index is -0.690. The number of ketones is 1. The molecule has 0 aromatic heterocycles. The topological polar surface area (TPSA) is 87.2 Å². The number of benzene rings is 2. The zero-order valence-electron chi connectivity index (χ0n) is 16.9. The molecular formula is C22H23FN2O5. The Morgan fingerprint density at radius 3 is 2.30 bits per heavy atom. The van der Waals surface area contributed by atoms with Crippen molar-refractivity contribution < 1.29 is 28.6 Å². The van der Waals surface area contributed by atoms with Gasteiger partial charge in [-0.15, -0.1) is 0 Å². The first-order chi connectivity index (χ1) is 14.3. The number of hydrogen-bond acceptors (Lipinski definition) is 6. The molecule has 2 aromatic carbocycles. The van der Waals surface area contributed by atoms with Crippen LogP contribution in [0.3, 0.4) is 0 Å². The number of hydrogen-bond donors (Lipinski definition) is 1. The number of amides is 1. The average Bonchev–Trinajstić information content (AvgIpc) is 2.73. The van der Waals surface area contributed by atoms with Crippen LogP contribution in [0.15, 0.2) is 36.4 Å². The molecule has 0 spiro atoms. The van der Waals surface area contributed by atoms with Gasteiger partial charge < -0.3 is 19.6 Å². The Balaban J connectivity index is 1.52. The van der Waals surface area contributed by atoms with Crippen LogP contribution in [0.1, 0.15) is 33.2 Å². The smallest absolute Gasteiger partial charge is 0.338 e. The van der Waals surface area contributed by atoms with Gasteiger partial charge in [0.05, 0.1) is 11.3 Å². The van der Waals surface area contributed by atoms with Crippen LogP contribution in [0.2, 0.25) is 0 Å². The second-order valence-electron chi connectivity index (χ2n) is 7.17. The first-order valence-corrected chi connectivity index (χ1v) is 9.56. The number of aryl methyl sites for hydroxylation is 1. The van der Waals surface area contributed by atoms with Crippen LogP contribution >= 0.6 is 0 Å². The number of phenols is 1. The molecule has 8 heteroatoms. The van der Waals surface area contributed by atoms with E-state index in [1.807, 2.05) is 4.90 Å². The molecule has 1 heterocycles. The highest BCUT2D eigenvalue weighted by Crippen LogP contribution is 2.22. The first kappa shape index (κ1) is 21.3. The molecule has 0 radical (unpaired) electrons. The summed E-state index contributed by atoms with van der Waals surface area (Å²) < 4.78 is 19.4. The lowest BCUT2D eigenvalue weighted by Crippen LogP contribution is -2.50. The lowest BCUT2D eigenvalue weighted by Gasteiger charge is -2.36. The van der Waals surface area contributed by atoms with Crippen LogP contribution in [-0.4, -0.2) is 60.5 Å². The number of phenolic OH excluding ortho intramolecular Hbond substituents is 1. The van der Waals surface area contributed by atoms with Crippen molar-refractivity contribution in [3.63, 3.8) is 0 Å². The number of aromatic hydroxyl groups is 1. The molecule has 1 saturated heterocycles. The van der Waals surface area contributed by atoms with Gasteiger partial charge in [0, 0.05) is 31.7 Å². The number of piperazine rings is 1. The molecule has 3 rings (SSSR count). The van der Waals surface area contributed by atoms with Gasteiger partial charge in [-0.25, -0.2) is 9.18 Å². The van der Waals surface area contributed by atoms with E-state index in [2.05, 4.69) is 0 Å². The minimum Gasteiger partial charge on any atom is -0.508 e. The third kappa shape index (κ3) is 4.76. The van der Waals surface area contributed by atoms with Crippen molar-refractivity contribution >= 4 is 23.3 Å². The molecular weight excluding hydrogens is 391 g/mol. The highest BCUT2D eigenvalue weighted by Gasteiger charge is 2.24. The summed E-state index contributed by atoms with van der Waals surface area (Å²) in [4.78, 5) is 39.1. The molecule has 2 aromatic rings. The molecule has 0 aliphatic carbocycles. The van der Waals surface area contributed by atoms with Crippen molar-refractivity contribution in [2.45, 2.75) is 13.8 Å². The standard InChI is InChI=1S/C22H23FN2O5/c1-14-3-4-17(12-20(14)27)22(29)30-13-21(28)25-9-7-24(8-10-25)19-6-5-16(15(2)26)11-18(19)23/h3-6,11-12,27H,7-10,13H2,1-2H3. The summed E-state index contributed by atoms with van der Waals surface area (Å²) in [6.45, 7) is 4.23. The van der Waals surface area contributed by atoms with Crippen LogP contribution in [0.4, 0.5) is 10.1 Å². The van der Waals surface area contributed by atoms with Gasteiger partial charge in [-0.2, -0.15) is 0 Å². The van der Waals surface area contributed by atoms with E-state index in [0.29, 0.717) is 43.0 Å². The van der Waals surface area contributed by atoms with Crippen LogP contribution in [0.25, 0.3) is 0 Å². The predicted octanol–water partition coefficient (Wildman–Crippen LogP) is 2.55. The quantitative estimate of drug-likeness (QED) is 0.598. The van der Waals surface area contributed by atoms with E-state index < -0.39 is 18.4 Å². The van der Waals surface area contributed by atoms with Crippen LogP contribution in [0, 0.1) is 12.7 Å². The number of nitrogens with zero attached hydrogens (tertiary/aromatic N) is 2. The average molecular weight is 414 g/mol. The van der Waals surface area contributed by atoms with Crippen LogP contribution in [-0.2, 0) is 9.53 Å². The van der Waals surface area contributed by atoms with Gasteiger partial charge in [-0.3, -0.25) is 9.59 Å². The Morgan fingerprint density at radius 2 is 1.70 bits per heavy atom. The number of anilines is 1. The van der Waals surface area contributed by atoms with E-state index in [1.165, 1.54) is 25.1 Å². The molecule has 0 unspecified atom stereocenters. The number of ether oxygens (including phenoxy) is 1. The fraction of sp³-hybridized carbons (Fsp3) is 0.318. The van der Waals surface area contributed by atoms with E-state index in [-0.39, 0.29) is 23.0 Å². The lowest BCUT2D eigenvalue weighted by atomic mass is 10.1. The molecule has 1 fully saturated rings. The highest BCUT2D eigenvalue weighted by molar-refractivity contribution is 5.94. The summed E-state index contributed by atoms with van der Waals surface area (Å²) in [5, 5.41) is 9.68. The van der Waals surface area contributed by atoms with Crippen LogP contribution in [0.5, 0.6) is 5.75 Å². The highest BCUT2D eigenvalue weighted by atomic mass is 19.1. The summed E-state index contributed by atoms with van der Waals surface area (Å²) in [7, 11) is 0. The van der Waals surface area contributed by atoms with Gasteiger partial charge in [0.1, 0.15) is 11.6 Å². The molecule has 7 nitrogen and oxygen atoms in total. The molecule has 0 bridgehead atoms. The maximum Gasteiger partial charge on any atom is 0.338 e. The summed E-state index contributed by atoms with van der Waals surface area (Å²) >= 11 is 0. The maximum absolute atomic E-state index is 14.3. The van der Waals surface area contributed by atoms with Crippen molar-refractivity contribution in [1.82, 2.24) is 4.90 Å². The molecule has 0 atom stereocenters. The number of rotatable bonds is 5. The fourth-order valence-corrected chi connectivity index (χ4v) is 3.22. The summed E-state index contributed by atoms with van der Waals surface area (Å²) in [6, 6.07) is 8.79. The number of carbonyl (C=O) groups is 3. The second-order valence-corrected chi connectivity index (χ2v) is 7.17. The lowest BCUT2D eigenvalue weighted by molar-refractivity contribution is -0.134. The first-order valence-electron chi connectivity index (χ1n) is 9.56. The van der Waals surface area contributed by atoms with E-state index >= 15 is 0 Å². The second kappa shape index (κ2) is 8.94. The predicted molar refractivity (Wildman–Crippen MR) is 108 cm³/mol. The number of halogens is 1. The van der Waals surface area contributed by atoms with Gasteiger partial charge >= 0.3 is 5.97 Å². The van der Waals surface area contributed by atoms with Gasteiger partial charge in [0.2, 0.25) is 0 Å². The molecule has 1 amide bonds. The number of Topliss-reactive ketones (excluding diaryl/α,β-unsaturated/α-hetero) is 1. The fourth-order valence-electron chi connectivity index (χ4n) is 3.22. The largest absolute Gasteiger partial charge is 0.508 e. The Labute approximate surface area is 173 Å². The normalized spacial score (nSPS) is 13.8. The maximum atomic E-state index is 14.3. The molecule has 30 heavy (non-hydrogen) atoms. The third-order valence-corrected chi connectivity index (χ3v) is 5.10. The molecule has 158 valence electrons. The Hall–Kier alpha value is -3.42. The van der Waals surface area contributed by atoms with Gasteiger partial charge in [-0.05, 0) is 49.7 Å². The van der Waals surface area contributed by atoms with Crippen molar-refractivity contribution in [3.8, 4) is 5.75 Å². The summed E-state index contributed by atoms with van der Waals surface area (Å²) in [5.41, 5.74) is 1.50. The Bertz CT molecular complexity index is 983. The Morgan fingerprint density at radius 1 is 1.03 bits per heavy atom. The molecule has 0 saturated carbocycles. The minimum absolute atomic E-state index is 0.0181. The van der Waals surface area contributed by atoms with Crippen molar-refractivity contribution in [2.24, 2.45) is 0 Å². The SMILES string of the molecule is CC(=O)c1ccc(N2CCN(C(=O)COC(=O)c3ccc(C)c(O)c3)CC2)c(F)c1. The van der Waals surface area contributed by atoms with Crippen LogP contribution < -0.4 is 4.90 Å². The van der Waals surface area contributed by atoms with Gasteiger partial charge in [0.25, 0.3) is 5.91 Å². The monoisotopic (exact) mass is 414 g/mol. The Kier molecular flexibility index (Phi) is 6.34. The van der Waals surface area contributed by atoms with Crippen molar-refractivity contribution in [3.05, 3.63) is 58.9 Å². The van der Waals surface area contributed by atoms with E-state index in [1.54, 1.807) is 30.0 Å². The number of carbonyl (C=O) groups excluding carboxylic acids is 3. The molecule has 1 N–H and O–H groups in total. The summed E-state index contributed by atoms with van der Waals surface area (Å²) in [5.74, 6) is -1.73. The van der Waals surface area contributed by atoms with E-state index in [9.17, 15) is 23.9 Å². The molecule has 1 aliphatic rings. The van der Waals surface area contributed by atoms with Crippen molar-refractivity contribution in [1.29, 1.82) is 0 Å².